The molecule has 5 nitrogen and oxygen atoms in total. The number of likely N-dealkylation sites (tertiary alicyclic amines) is 1. The van der Waals surface area contributed by atoms with E-state index < -0.39 is 0 Å². The smallest absolute Gasteiger partial charge is 0.191 e. The number of rotatable bonds is 9. The Morgan fingerprint density at radius 3 is 2.71 bits per heavy atom. The van der Waals surface area contributed by atoms with Gasteiger partial charge in [0, 0.05) is 37.5 Å². The highest BCUT2D eigenvalue weighted by Crippen LogP contribution is 2.24. The van der Waals surface area contributed by atoms with E-state index in [2.05, 4.69) is 55.8 Å². The Balaban J connectivity index is 0.00000280. The number of aliphatic imine (C=N–C) groups is 1. The first-order valence-electron chi connectivity index (χ1n) is 9.62. The zero-order valence-electron chi connectivity index (χ0n) is 16.3. The fraction of sp³-hybridized carbons (Fsp3) is 0.500. The maximum absolute atomic E-state index is 4.39. The van der Waals surface area contributed by atoms with E-state index in [1.54, 1.807) is 11.3 Å². The number of benzene rings is 1. The van der Waals surface area contributed by atoms with E-state index >= 15 is 0 Å². The molecule has 1 aliphatic heterocycles. The van der Waals surface area contributed by atoms with E-state index in [0.29, 0.717) is 6.04 Å². The predicted molar refractivity (Wildman–Crippen MR) is 132 cm³/mol. The summed E-state index contributed by atoms with van der Waals surface area (Å²) >= 11 is 3.52. The number of nitrogens with zero attached hydrogens (tertiary/aromatic N) is 3. The molecule has 0 bridgehead atoms. The Bertz CT molecular complexity index is 675. The van der Waals surface area contributed by atoms with Crippen LogP contribution in [-0.4, -0.2) is 54.8 Å². The van der Waals surface area contributed by atoms with Crippen molar-refractivity contribution in [2.45, 2.75) is 29.6 Å². The normalized spacial score (nSPS) is 15.8. The molecule has 2 aromatic rings. The van der Waals surface area contributed by atoms with E-state index in [1.165, 1.54) is 31.5 Å². The van der Waals surface area contributed by atoms with Crippen molar-refractivity contribution in [1.82, 2.24) is 20.5 Å². The van der Waals surface area contributed by atoms with Crippen LogP contribution < -0.4 is 10.6 Å². The van der Waals surface area contributed by atoms with E-state index in [0.717, 1.165) is 35.6 Å². The van der Waals surface area contributed by atoms with Gasteiger partial charge in [0.2, 0.25) is 0 Å². The Morgan fingerprint density at radius 2 is 2.04 bits per heavy atom. The van der Waals surface area contributed by atoms with Gasteiger partial charge in [-0.3, -0.25) is 9.89 Å². The average Bonchev–Trinajstić information content (AvgIpc) is 3.41. The summed E-state index contributed by atoms with van der Waals surface area (Å²) in [5, 5.41) is 8.99. The Morgan fingerprint density at radius 1 is 1.25 bits per heavy atom. The van der Waals surface area contributed by atoms with Crippen molar-refractivity contribution in [3.05, 3.63) is 47.5 Å². The van der Waals surface area contributed by atoms with Gasteiger partial charge in [-0.1, -0.05) is 42.1 Å². The van der Waals surface area contributed by atoms with Crippen molar-refractivity contribution in [3.63, 3.8) is 0 Å². The van der Waals surface area contributed by atoms with Crippen molar-refractivity contribution in [2.24, 2.45) is 4.99 Å². The van der Waals surface area contributed by atoms with Crippen molar-refractivity contribution in [3.8, 4) is 0 Å². The van der Waals surface area contributed by atoms with Gasteiger partial charge in [-0.25, -0.2) is 4.98 Å². The molecule has 2 N–H and O–H groups in total. The van der Waals surface area contributed by atoms with Gasteiger partial charge in [0.25, 0.3) is 0 Å². The van der Waals surface area contributed by atoms with Gasteiger partial charge >= 0.3 is 0 Å². The minimum atomic E-state index is 0. The minimum Gasteiger partial charge on any atom is -0.356 e. The topological polar surface area (TPSA) is 52.6 Å². The summed E-state index contributed by atoms with van der Waals surface area (Å²) < 4.78 is 1.15. The molecule has 8 heteroatoms. The van der Waals surface area contributed by atoms with Crippen molar-refractivity contribution >= 4 is 53.0 Å². The number of hydrogen-bond acceptors (Lipinski definition) is 5. The summed E-state index contributed by atoms with van der Waals surface area (Å²) in [6.45, 7) is 4.15. The largest absolute Gasteiger partial charge is 0.356 e. The number of hydrogen-bond donors (Lipinski definition) is 2. The number of thiazole rings is 1. The van der Waals surface area contributed by atoms with Crippen LogP contribution in [0.15, 0.2) is 51.2 Å². The average molecular weight is 532 g/mol. The SMILES string of the molecule is CN=C(NCCCSc1nccs1)NCC(c1ccccc1)N1CCCC1.I. The molecular weight excluding hydrogens is 501 g/mol. The first kappa shape index (κ1) is 23.4. The number of thioether (sulfide) groups is 1. The van der Waals surface area contributed by atoms with Crippen LogP contribution in [0.2, 0.25) is 0 Å². The summed E-state index contributed by atoms with van der Waals surface area (Å²) in [5.74, 6) is 1.95. The highest BCUT2D eigenvalue weighted by Gasteiger charge is 2.23. The molecule has 1 saturated heterocycles. The van der Waals surface area contributed by atoms with Gasteiger partial charge in [0.15, 0.2) is 5.96 Å². The van der Waals surface area contributed by atoms with Gasteiger partial charge in [-0.05, 0) is 37.9 Å². The lowest BCUT2D eigenvalue weighted by Crippen LogP contribution is -2.43. The molecule has 0 radical (unpaired) electrons. The standard InChI is InChI=1S/C20H29N5S2.HI/c1-21-19(22-10-7-14-26-20-23-11-15-27-20)24-16-18(25-12-5-6-13-25)17-8-3-2-4-9-17;/h2-4,8-9,11,15,18H,5-7,10,12-14,16H2,1H3,(H2,21,22,24);1H. The quantitative estimate of drug-likeness (QED) is 0.167. The van der Waals surface area contributed by atoms with Crippen LogP contribution in [-0.2, 0) is 0 Å². The number of halogens is 1. The van der Waals surface area contributed by atoms with Crippen molar-refractivity contribution < 1.29 is 0 Å². The molecule has 3 rings (SSSR count). The molecule has 0 saturated carbocycles. The van der Waals surface area contributed by atoms with Crippen molar-refractivity contribution in [2.75, 3.05) is 39.0 Å². The molecular formula is C20H30IN5S2. The molecule has 1 aromatic heterocycles. The molecule has 1 unspecified atom stereocenters. The summed E-state index contributed by atoms with van der Waals surface area (Å²) in [6.07, 6.45) is 5.54. The van der Waals surface area contributed by atoms with Crippen LogP contribution in [0.25, 0.3) is 0 Å². The highest BCUT2D eigenvalue weighted by atomic mass is 127. The van der Waals surface area contributed by atoms with Crippen LogP contribution in [0.1, 0.15) is 30.9 Å². The summed E-state index contributed by atoms with van der Waals surface area (Å²) in [6, 6.07) is 11.2. The van der Waals surface area contributed by atoms with E-state index in [1.807, 2.05) is 30.4 Å². The molecule has 1 aliphatic rings. The van der Waals surface area contributed by atoms with Crippen LogP contribution in [0.3, 0.4) is 0 Å². The Labute approximate surface area is 193 Å². The van der Waals surface area contributed by atoms with Crippen LogP contribution in [0.4, 0.5) is 0 Å². The summed E-state index contributed by atoms with van der Waals surface area (Å²) in [7, 11) is 1.84. The molecule has 0 aliphatic carbocycles. The number of guanidine groups is 1. The maximum atomic E-state index is 4.39. The lowest BCUT2D eigenvalue weighted by atomic mass is 10.1. The van der Waals surface area contributed by atoms with Crippen LogP contribution in [0, 0.1) is 0 Å². The highest BCUT2D eigenvalue weighted by molar-refractivity contribution is 14.0. The Kier molecular flexibility index (Phi) is 11.2. The van der Waals surface area contributed by atoms with Gasteiger partial charge < -0.3 is 10.6 Å². The summed E-state index contributed by atoms with van der Waals surface area (Å²) in [5.41, 5.74) is 1.38. The first-order valence-corrected chi connectivity index (χ1v) is 11.5. The van der Waals surface area contributed by atoms with E-state index in [9.17, 15) is 0 Å². The minimum absolute atomic E-state index is 0. The van der Waals surface area contributed by atoms with Crippen molar-refractivity contribution in [1.29, 1.82) is 0 Å². The monoisotopic (exact) mass is 531 g/mol. The molecule has 0 amide bonds. The van der Waals surface area contributed by atoms with Crippen LogP contribution >= 0.6 is 47.1 Å². The van der Waals surface area contributed by atoms with Gasteiger partial charge in [-0.15, -0.1) is 35.3 Å². The lowest BCUT2D eigenvalue weighted by molar-refractivity contribution is 0.245. The van der Waals surface area contributed by atoms with Crippen LogP contribution in [0.5, 0.6) is 0 Å². The fourth-order valence-electron chi connectivity index (χ4n) is 3.32. The third-order valence-electron chi connectivity index (χ3n) is 4.70. The van der Waals surface area contributed by atoms with E-state index in [-0.39, 0.29) is 24.0 Å². The Hall–Kier alpha value is -0.840. The maximum Gasteiger partial charge on any atom is 0.191 e. The number of aromatic nitrogens is 1. The third-order valence-corrected chi connectivity index (χ3v) is 6.75. The zero-order valence-corrected chi connectivity index (χ0v) is 20.3. The van der Waals surface area contributed by atoms with Gasteiger partial charge in [-0.2, -0.15) is 0 Å². The fourth-order valence-corrected chi connectivity index (χ4v) is 4.97. The van der Waals surface area contributed by atoms with Gasteiger partial charge in [0.1, 0.15) is 4.34 Å². The first-order chi connectivity index (χ1) is 13.4. The predicted octanol–water partition coefficient (Wildman–Crippen LogP) is 4.25. The number of nitrogens with one attached hydrogen (secondary N) is 2. The molecule has 1 atom stereocenters. The van der Waals surface area contributed by atoms with Gasteiger partial charge in [0.05, 0.1) is 6.04 Å². The molecule has 1 aromatic carbocycles. The molecule has 28 heavy (non-hydrogen) atoms. The second-order valence-corrected chi connectivity index (χ2v) is 8.79. The second-order valence-electron chi connectivity index (χ2n) is 6.55. The zero-order chi connectivity index (χ0) is 18.7. The summed E-state index contributed by atoms with van der Waals surface area (Å²) in [4.78, 5) is 11.3. The molecule has 2 heterocycles. The van der Waals surface area contributed by atoms with E-state index in [4.69, 9.17) is 0 Å². The third kappa shape index (κ3) is 7.53. The lowest BCUT2D eigenvalue weighted by Gasteiger charge is -2.29. The second kappa shape index (κ2) is 13.4. The molecule has 0 spiro atoms. The molecule has 154 valence electrons. The molecule has 1 fully saturated rings.